The molecule has 8 heteroatoms. The normalized spacial score (nSPS) is 11.4. The number of carbonyl (C=O) groups is 2. The monoisotopic (exact) mass is 430 g/mol. The van der Waals surface area contributed by atoms with Gasteiger partial charge in [-0.15, -0.1) is 0 Å². The number of ether oxygens (including phenoxy) is 1. The second kappa shape index (κ2) is 10.7. The van der Waals surface area contributed by atoms with E-state index in [-0.39, 0.29) is 23.8 Å². The lowest BCUT2D eigenvalue weighted by atomic mass is 10.2. The zero-order valence-electron chi connectivity index (χ0n) is 17.3. The minimum Gasteiger partial charge on any atom is -0.463 e. The van der Waals surface area contributed by atoms with E-state index in [0.29, 0.717) is 17.9 Å². The van der Waals surface area contributed by atoms with E-state index in [1.807, 2.05) is 13.0 Å². The molecule has 0 saturated heterocycles. The van der Waals surface area contributed by atoms with E-state index in [1.54, 1.807) is 56.3 Å². The Kier molecular flexibility index (Phi) is 8.32. The number of hydrogen-bond donors (Lipinski definition) is 2. The minimum atomic E-state index is -3.68. The van der Waals surface area contributed by atoms with Crippen LogP contribution in [0.4, 0.5) is 5.69 Å². The molecule has 0 saturated carbocycles. The SMILES string of the molecule is CCOC(=O)C=Cc1ccc(NC(=O)CCNS(=O)(=O)c2cc(C)ccc2C)cc1. The van der Waals surface area contributed by atoms with Crippen molar-refractivity contribution in [3.8, 4) is 0 Å². The van der Waals surface area contributed by atoms with Crippen LogP contribution in [0.3, 0.4) is 0 Å². The van der Waals surface area contributed by atoms with Gasteiger partial charge < -0.3 is 10.1 Å². The van der Waals surface area contributed by atoms with Crippen molar-refractivity contribution in [2.45, 2.75) is 32.1 Å². The second-order valence-electron chi connectivity index (χ2n) is 6.67. The number of hydrogen-bond acceptors (Lipinski definition) is 5. The van der Waals surface area contributed by atoms with Gasteiger partial charge in [0.25, 0.3) is 0 Å². The van der Waals surface area contributed by atoms with Gasteiger partial charge in [-0.3, -0.25) is 4.79 Å². The minimum absolute atomic E-state index is 0.00535. The molecule has 0 unspecified atom stereocenters. The van der Waals surface area contributed by atoms with Crippen molar-refractivity contribution < 1.29 is 22.7 Å². The number of benzene rings is 2. The van der Waals surface area contributed by atoms with Gasteiger partial charge in [0, 0.05) is 24.7 Å². The fourth-order valence-corrected chi connectivity index (χ4v) is 3.99. The molecule has 0 aliphatic rings. The molecule has 2 aromatic rings. The maximum atomic E-state index is 12.5. The van der Waals surface area contributed by atoms with E-state index in [1.165, 1.54) is 6.08 Å². The van der Waals surface area contributed by atoms with Gasteiger partial charge in [-0.1, -0.05) is 24.3 Å². The molecule has 2 rings (SSSR count). The van der Waals surface area contributed by atoms with Crippen LogP contribution in [0.5, 0.6) is 0 Å². The van der Waals surface area contributed by atoms with Gasteiger partial charge in [-0.25, -0.2) is 17.9 Å². The van der Waals surface area contributed by atoms with Crippen molar-refractivity contribution in [3.63, 3.8) is 0 Å². The Hall–Kier alpha value is -2.97. The number of aryl methyl sites for hydroxylation is 2. The Morgan fingerprint density at radius 2 is 1.77 bits per heavy atom. The molecule has 0 heterocycles. The Morgan fingerprint density at radius 3 is 2.43 bits per heavy atom. The summed E-state index contributed by atoms with van der Waals surface area (Å²) in [6, 6.07) is 12.1. The van der Waals surface area contributed by atoms with Gasteiger partial charge >= 0.3 is 5.97 Å². The summed E-state index contributed by atoms with van der Waals surface area (Å²) in [6.07, 6.45) is 2.94. The van der Waals surface area contributed by atoms with Crippen LogP contribution in [0.15, 0.2) is 53.4 Å². The van der Waals surface area contributed by atoms with Crippen LogP contribution in [0.2, 0.25) is 0 Å². The number of nitrogens with one attached hydrogen (secondary N) is 2. The first kappa shape index (κ1) is 23.3. The molecule has 0 bridgehead atoms. The van der Waals surface area contributed by atoms with Gasteiger partial charge in [0.1, 0.15) is 0 Å². The molecule has 0 aromatic heterocycles. The fourth-order valence-electron chi connectivity index (χ4n) is 2.63. The van der Waals surface area contributed by atoms with Crippen molar-refractivity contribution in [2.75, 3.05) is 18.5 Å². The molecule has 160 valence electrons. The predicted octanol–water partition coefficient (Wildman–Crippen LogP) is 3.19. The molecule has 2 N–H and O–H groups in total. The lowest BCUT2D eigenvalue weighted by molar-refractivity contribution is -0.137. The van der Waals surface area contributed by atoms with E-state index in [0.717, 1.165) is 11.1 Å². The summed E-state index contributed by atoms with van der Waals surface area (Å²) >= 11 is 0. The lowest BCUT2D eigenvalue weighted by Gasteiger charge is -2.10. The number of anilines is 1. The smallest absolute Gasteiger partial charge is 0.330 e. The van der Waals surface area contributed by atoms with Gasteiger partial charge in [0.05, 0.1) is 11.5 Å². The highest BCUT2D eigenvalue weighted by Gasteiger charge is 2.17. The summed E-state index contributed by atoms with van der Waals surface area (Å²) in [4.78, 5) is 23.6. The van der Waals surface area contributed by atoms with Crippen LogP contribution in [0, 0.1) is 13.8 Å². The number of carbonyl (C=O) groups excluding carboxylic acids is 2. The van der Waals surface area contributed by atoms with Crippen LogP contribution in [0.1, 0.15) is 30.0 Å². The molecule has 0 spiro atoms. The van der Waals surface area contributed by atoms with Crippen molar-refractivity contribution >= 4 is 33.7 Å². The highest BCUT2D eigenvalue weighted by molar-refractivity contribution is 7.89. The molecule has 0 aliphatic carbocycles. The molecule has 0 aliphatic heterocycles. The van der Waals surface area contributed by atoms with Crippen molar-refractivity contribution in [1.82, 2.24) is 4.72 Å². The largest absolute Gasteiger partial charge is 0.463 e. The molecule has 1 amide bonds. The quantitative estimate of drug-likeness (QED) is 0.470. The second-order valence-corrected chi connectivity index (χ2v) is 8.41. The lowest BCUT2D eigenvalue weighted by Crippen LogP contribution is -2.28. The molecule has 30 heavy (non-hydrogen) atoms. The van der Waals surface area contributed by atoms with Crippen LogP contribution in [-0.4, -0.2) is 33.4 Å². The molecule has 0 radical (unpaired) electrons. The molecule has 2 aromatic carbocycles. The Bertz CT molecular complexity index is 1030. The van der Waals surface area contributed by atoms with E-state index in [9.17, 15) is 18.0 Å². The van der Waals surface area contributed by atoms with E-state index in [2.05, 4.69) is 10.0 Å². The third-order valence-electron chi connectivity index (χ3n) is 4.17. The number of sulfonamides is 1. The van der Waals surface area contributed by atoms with Crippen LogP contribution in [-0.2, 0) is 24.3 Å². The molecule has 7 nitrogen and oxygen atoms in total. The third-order valence-corrected chi connectivity index (χ3v) is 5.77. The summed E-state index contributed by atoms with van der Waals surface area (Å²) < 4.78 is 32.2. The molecular formula is C22H26N2O5S. The topological polar surface area (TPSA) is 102 Å². The maximum Gasteiger partial charge on any atom is 0.330 e. The van der Waals surface area contributed by atoms with Crippen LogP contribution < -0.4 is 10.0 Å². The Morgan fingerprint density at radius 1 is 1.07 bits per heavy atom. The van der Waals surface area contributed by atoms with Gasteiger partial charge in [-0.2, -0.15) is 0 Å². The average Bonchev–Trinajstić information content (AvgIpc) is 2.69. The first-order valence-corrected chi connectivity index (χ1v) is 11.0. The van der Waals surface area contributed by atoms with E-state index < -0.39 is 16.0 Å². The average molecular weight is 431 g/mol. The van der Waals surface area contributed by atoms with Crippen LogP contribution in [0.25, 0.3) is 6.08 Å². The summed E-state index contributed by atoms with van der Waals surface area (Å²) in [7, 11) is -3.68. The predicted molar refractivity (Wildman–Crippen MR) is 116 cm³/mol. The van der Waals surface area contributed by atoms with Gasteiger partial charge in [-0.05, 0) is 61.7 Å². The third kappa shape index (κ3) is 7.13. The van der Waals surface area contributed by atoms with Crippen molar-refractivity contribution in [3.05, 3.63) is 65.2 Å². The summed E-state index contributed by atoms with van der Waals surface area (Å²) in [5, 5.41) is 2.71. The molecule has 0 atom stereocenters. The van der Waals surface area contributed by atoms with E-state index >= 15 is 0 Å². The summed E-state index contributed by atoms with van der Waals surface area (Å²) in [6.45, 7) is 5.59. The first-order valence-electron chi connectivity index (χ1n) is 9.53. The molecular weight excluding hydrogens is 404 g/mol. The highest BCUT2D eigenvalue weighted by atomic mass is 32.2. The number of esters is 1. The van der Waals surface area contributed by atoms with Crippen molar-refractivity contribution in [1.29, 1.82) is 0 Å². The zero-order valence-corrected chi connectivity index (χ0v) is 18.1. The van der Waals surface area contributed by atoms with Gasteiger partial charge in [0.2, 0.25) is 15.9 Å². The van der Waals surface area contributed by atoms with E-state index in [4.69, 9.17) is 4.74 Å². The van der Waals surface area contributed by atoms with Crippen LogP contribution >= 0.6 is 0 Å². The van der Waals surface area contributed by atoms with Crippen molar-refractivity contribution in [2.24, 2.45) is 0 Å². The number of rotatable bonds is 9. The van der Waals surface area contributed by atoms with Gasteiger partial charge in [0.15, 0.2) is 0 Å². The standard InChI is InChI=1S/C22H26N2O5S/c1-4-29-22(26)12-9-18-7-10-19(11-8-18)24-21(25)13-14-23-30(27,28)20-15-16(2)5-6-17(20)3/h5-12,15,23H,4,13-14H2,1-3H3,(H,24,25). The summed E-state index contributed by atoms with van der Waals surface area (Å²) in [5.74, 6) is -0.730. The maximum absolute atomic E-state index is 12.5. The molecule has 0 fully saturated rings. The number of amides is 1. The Balaban J connectivity index is 1.86. The Labute approximate surface area is 177 Å². The highest BCUT2D eigenvalue weighted by Crippen LogP contribution is 2.16. The first-order chi connectivity index (χ1) is 14.2. The summed E-state index contributed by atoms with van der Waals surface area (Å²) in [5.41, 5.74) is 2.85. The fraction of sp³-hybridized carbons (Fsp3) is 0.273. The zero-order chi connectivity index (χ0) is 22.1.